The van der Waals surface area contributed by atoms with Crippen LogP contribution >= 0.6 is 0 Å². The summed E-state index contributed by atoms with van der Waals surface area (Å²) in [6, 6.07) is 7.09. The van der Waals surface area contributed by atoms with Gasteiger partial charge in [-0.3, -0.25) is 19.4 Å². The van der Waals surface area contributed by atoms with Crippen molar-refractivity contribution in [1.82, 2.24) is 14.5 Å². The lowest BCUT2D eigenvalue weighted by Gasteiger charge is -2.36. The van der Waals surface area contributed by atoms with Gasteiger partial charge in [0.15, 0.2) is 0 Å². The van der Waals surface area contributed by atoms with Gasteiger partial charge < -0.3 is 9.88 Å². The zero-order chi connectivity index (χ0) is 16.7. The second-order valence-corrected chi connectivity index (χ2v) is 6.17. The third kappa shape index (κ3) is 2.46. The van der Waals surface area contributed by atoms with Crippen LogP contribution in [-0.4, -0.2) is 45.4 Å². The summed E-state index contributed by atoms with van der Waals surface area (Å²) < 4.78 is 2.11. The van der Waals surface area contributed by atoms with E-state index in [0.717, 1.165) is 24.6 Å². The molecule has 7 heteroatoms. The van der Waals surface area contributed by atoms with E-state index in [0.29, 0.717) is 12.2 Å². The number of hydrogen-bond donors (Lipinski definition) is 1. The Kier molecular flexibility index (Phi) is 3.57. The van der Waals surface area contributed by atoms with E-state index in [1.165, 1.54) is 0 Å². The summed E-state index contributed by atoms with van der Waals surface area (Å²) in [6.45, 7) is 4.21. The molecule has 3 heterocycles. The molecule has 0 radical (unpaired) electrons. The van der Waals surface area contributed by atoms with E-state index in [2.05, 4.69) is 19.8 Å². The van der Waals surface area contributed by atoms with E-state index >= 15 is 0 Å². The highest BCUT2D eigenvalue weighted by Crippen LogP contribution is 2.30. The quantitative estimate of drug-likeness (QED) is 0.897. The van der Waals surface area contributed by atoms with Crippen molar-refractivity contribution in [3.05, 3.63) is 42.5 Å². The van der Waals surface area contributed by atoms with Crippen molar-refractivity contribution in [2.75, 3.05) is 23.3 Å². The first kappa shape index (κ1) is 14.9. The molecular weight excluding hydrogens is 306 g/mol. The Hall–Kier alpha value is -2.67. The third-order valence-electron chi connectivity index (χ3n) is 4.72. The molecule has 0 spiro atoms. The maximum atomic E-state index is 13.0. The lowest BCUT2D eigenvalue weighted by atomic mass is 10.1. The fourth-order valence-electron chi connectivity index (χ4n) is 3.33. The number of carbonyl (C=O) groups excluding carboxylic acids is 2. The molecule has 7 nitrogen and oxygen atoms in total. The average molecular weight is 325 g/mol. The topological polar surface area (TPSA) is 70.5 Å². The molecule has 1 aromatic heterocycles. The maximum absolute atomic E-state index is 13.0. The first-order chi connectivity index (χ1) is 11.6. The van der Waals surface area contributed by atoms with Crippen molar-refractivity contribution in [3.8, 4) is 0 Å². The zero-order valence-corrected chi connectivity index (χ0v) is 13.5. The molecular formula is C17H19N5O2. The minimum atomic E-state index is -0.311. The Labute approximate surface area is 139 Å². The first-order valence-corrected chi connectivity index (χ1v) is 8.08. The van der Waals surface area contributed by atoms with Crippen molar-refractivity contribution in [3.63, 3.8) is 0 Å². The van der Waals surface area contributed by atoms with Crippen molar-refractivity contribution < 1.29 is 9.59 Å². The number of fused-ring (bicyclic) bond motifs is 2. The maximum Gasteiger partial charge on any atom is 0.244 e. The Morgan fingerprint density at radius 3 is 2.96 bits per heavy atom. The highest BCUT2D eigenvalue weighted by molar-refractivity contribution is 6.11. The van der Waals surface area contributed by atoms with Gasteiger partial charge in [0.25, 0.3) is 0 Å². The standard InChI is InChI=1S/C17H19N5O2/c1-12(21-9-8-20-7-6-18-15(20)10-21)17(24)22-11-16(23)19-13-4-2-3-5-14(13)22/h2-7,12H,8-11H2,1H3,(H,19,23). The molecule has 1 aromatic carbocycles. The lowest BCUT2D eigenvalue weighted by Crippen LogP contribution is -2.52. The van der Waals surface area contributed by atoms with Crippen LogP contribution in [0.15, 0.2) is 36.7 Å². The van der Waals surface area contributed by atoms with Gasteiger partial charge in [-0.15, -0.1) is 0 Å². The molecule has 2 aliphatic rings. The number of rotatable bonds is 2. The van der Waals surface area contributed by atoms with E-state index in [-0.39, 0.29) is 24.4 Å². The fourth-order valence-corrected chi connectivity index (χ4v) is 3.33. The minimum absolute atomic E-state index is 0.0580. The number of carbonyl (C=O) groups is 2. The predicted octanol–water partition coefficient (Wildman–Crippen LogP) is 1.07. The average Bonchev–Trinajstić information content (AvgIpc) is 3.07. The number of imidazole rings is 1. The molecule has 2 aliphatic heterocycles. The summed E-state index contributed by atoms with van der Waals surface area (Å²) in [4.78, 5) is 33.0. The van der Waals surface area contributed by atoms with Crippen LogP contribution in [0.1, 0.15) is 12.7 Å². The number of anilines is 2. The smallest absolute Gasteiger partial charge is 0.244 e. The molecule has 1 N–H and O–H groups in total. The first-order valence-electron chi connectivity index (χ1n) is 8.08. The zero-order valence-electron chi connectivity index (χ0n) is 13.5. The Bertz CT molecular complexity index is 800. The van der Waals surface area contributed by atoms with Crippen LogP contribution in [0.25, 0.3) is 0 Å². The van der Waals surface area contributed by atoms with Gasteiger partial charge >= 0.3 is 0 Å². The highest BCUT2D eigenvalue weighted by Gasteiger charge is 2.33. The lowest BCUT2D eigenvalue weighted by molar-refractivity contribution is -0.125. The summed E-state index contributed by atoms with van der Waals surface area (Å²) in [5.74, 6) is 0.749. The van der Waals surface area contributed by atoms with Crippen molar-refractivity contribution in [1.29, 1.82) is 0 Å². The number of amides is 2. The van der Waals surface area contributed by atoms with Gasteiger partial charge in [-0.25, -0.2) is 4.98 Å². The third-order valence-corrected chi connectivity index (χ3v) is 4.72. The summed E-state index contributed by atoms with van der Waals surface area (Å²) in [5, 5.41) is 2.81. The predicted molar refractivity (Wildman–Crippen MR) is 89.5 cm³/mol. The number of para-hydroxylation sites is 2. The van der Waals surface area contributed by atoms with Gasteiger partial charge in [-0.05, 0) is 19.1 Å². The molecule has 1 atom stereocenters. The molecule has 1 unspecified atom stereocenters. The molecule has 124 valence electrons. The normalized spacial score (nSPS) is 18.5. The summed E-state index contributed by atoms with van der Waals surface area (Å²) >= 11 is 0. The molecule has 0 bridgehead atoms. The molecule has 0 saturated heterocycles. The Balaban J connectivity index is 1.57. The molecule has 4 rings (SSSR count). The van der Waals surface area contributed by atoms with E-state index in [4.69, 9.17) is 0 Å². The number of hydrogen-bond acceptors (Lipinski definition) is 4. The highest BCUT2D eigenvalue weighted by atomic mass is 16.2. The number of nitrogens with one attached hydrogen (secondary N) is 1. The van der Waals surface area contributed by atoms with Gasteiger partial charge in [-0.2, -0.15) is 0 Å². The molecule has 2 aromatic rings. The summed E-state index contributed by atoms with van der Waals surface area (Å²) in [5.41, 5.74) is 1.44. The van der Waals surface area contributed by atoms with Gasteiger partial charge in [-0.1, -0.05) is 12.1 Å². The molecule has 0 aliphatic carbocycles. The second kappa shape index (κ2) is 5.76. The van der Waals surface area contributed by atoms with Crippen LogP contribution in [0.2, 0.25) is 0 Å². The van der Waals surface area contributed by atoms with Crippen molar-refractivity contribution in [2.24, 2.45) is 0 Å². The molecule has 0 fully saturated rings. The van der Waals surface area contributed by atoms with Crippen LogP contribution < -0.4 is 10.2 Å². The molecule has 24 heavy (non-hydrogen) atoms. The van der Waals surface area contributed by atoms with Crippen LogP contribution in [0.5, 0.6) is 0 Å². The van der Waals surface area contributed by atoms with Crippen LogP contribution in [0.4, 0.5) is 11.4 Å². The van der Waals surface area contributed by atoms with E-state index in [1.54, 1.807) is 11.1 Å². The van der Waals surface area contributed by atoms with Gasteiger partial charge in [0.05, 0.1) is 24.0 Å². The molecule has 0 saturated carbocycles. The van der Waals surface area contributed by atoms with Gasteiger partial charge in [0.2, 0.25) is 11.8 Å². The van der Waals surface area contributed by atoms with Gasteiger partial charge in [0, 0.05) is 25.5 Å². The monoisotopic (exact) mass is 325 g/mol. The fraction of sp³-hybridized carbons (Fsp3) is 0.353. The van der Waals surface area contributed by atoms with Crippen molar-refractivity contribution >= 4 is 23.2 Å². The van der Waals surface area contributed by atoms with E-state index in [1.807, 2.05) is 37.4 Å². The number of benzene rings is 1. The van der Waals surface area contributed by atoms with Crippen LogP contribution in [-0.2, 0) is 22.7 Å². The summed E-state index contributed by atoms with van der Waals surface area (Å²) in [7, 11) is 0. The Morgan fingerprint density at radius 1 is 1.25 bits per heavy atom. The SMILES string of the molecule is CC(C(=O)N1CC(=O)Nc2ccccc21)N1CCn2ccnc2C1. The summed E-state index contributed by atoms with van der Waals surface area (Å²) in [6.07, 6.45) is 3.75. The van der Waals surface area contributed by atoms with Crippen LogP contribution in [0, 0.1) is 0 Å². The van der Waals surface area contributed by atoms with E-state index < -0.39 is 0 Å². The van der Waals surface area contributed by atoms with Crippen LogP contribution in [0.3, 0.4) is 0 Å². The largest absolute Gasteiger partial charge is 0.333 e. The van der Waals surface area contributed by atoms with Crippen molar-refractivity contribution in [2.45, 2.75) is 26.1 Å². The Morgan fingerprint density at radius 2 is 2.08 bits per heavy atom. The number of nitrogens with zero attached hydrogens (tertiary/aromatic N) is 4. The second-order valence-electron chi connectivity index (χ2n) is 6.17. The van der Waals surface area contributed by atoms with Gasteiger partial charge in [0.1, 0.15) is 12.4 Å². The molecule has 2 amide bonds. The number of aromatic nitrogens is 2. The van der Waals surface area contributed by atoms with E-state index in [9.17, 15) is 9.59 Å². The minimum Gasteiger partial charge on any atom is -0.333 e.